The van der Waals surface area contributed by atoms with Crippen LogP contribution in [0.3, 0.4) is 0 Å². The van der Waals surface area contributed by atoms with Crippen molar-refractivity contribution in [1.29, 1.82) is 0 Å². The SMILES string of the molecule is C=Cc1ccc(NC(=O)N2CCC[C@@H](N)C2)cc1. The van der Waals surface area contributed by atoms with Gasteiger partial charge in [0.2, 0.25) is 0 Å². The van der Waals surface area contributed by atoms with Crippen molar-refractivity contribution in [2.75, 3.05) is 18.4 Å². The molecule has 0 saturated carbocycles. The summed E-state index contributed by atoms with van der Waals surface area (Å²) >= 11 is 0. The average molecular weight is 245 g/mol. The van der Waals surface area contributed by atoms with Gasteiger partial charge in [-0.15, -0.1) is 0 Å². The number of nitrogens with zero attached hydrogens (tertiary/aromatic N) is 1. The highest BCUT2D eigenvalue weighted by molar-refractivity contribution is 5.89. The molecule has 0 radical (unpaired) electrons. The summed E-state index contributed by atoms with van der Waals surface area (Å²) in [6.07, 6.45) is 3.75. The van der Waals surface area contributed by atoms with Gasteiger partial charge in [-0.25, -0.2) is 4.79 Å². The number of urea groups is 1. The minimum absolute atomic E-state index is 0.0727. The third kappa shape index (κ3) is 3.11. The van der Waals surface area contributed by atoms with E-state index in [1.54, 1.807) is 11.0 Å². The highest BCUT2D eigenvalue weighted by Crippen LogP contribution is 2.13. The van der Waals surface area contributed by atoms with Crippen molar-refractivity contribution in [3.63, 3.8) is 0 Å². The molecular weight excluding hydrogens is 226 g/mol. The van der Waals surface area contributed by atoms with Crippen LogP contribution in [0.15, 0.2) is 30.8 Å². The third-order valence-electron chi connectivity index (χ3n) is 3.14. The Morgan fingerprint density at radius 2 is 2.17 bits per heavy atom. The van der Waals surface area contributed by atoms with E-state index >= 15 is 0 Å². The van der Waals surface area contributed by atoms with Gasteiger partial charge in [-0.3, -0.25) is 0 Å². The molecule has 4 nitrogen and oxygen atoms in total. The minimum Gasteiger partial charge on any atom is -0.326 e. The molecule has 1 aliphatic rings. The first kappa shape index (κ1) is 12.6. The molecule has 1 heterocycles. The highest BCUT2D eigenvalue weighted by Gasteiger charge is 2.20. The van der Waals surface area contributed by atoms with Gasteiger partial charge in [-0.2, -0.15) is 0 Å². The number of nitrogens with two attached hydrogens (primary N) is 1. The molecule has 96 valence electrons. The number of nitrogens with one attached hydrogen (secondary N) is 1. The number of rotatable bonds is 2. The maximum absolute atomic E-state index is 12.0. The van der Waals surface area contributed by atoms with E-state index < -0.39 is 0 Å². The van der Waals surface area contributed by atoms with E-state index in [-0.39, 0.29) is 12.1 Å². The molecule has 2 rings (SSSR count). The standard InChI is InChI=1S/C14H19N3O/c1-2-11-5-7-13(8-6-11)16-14(18)17-9-3-4-12(15)10-17/h2,5-8,12H,1,3-4,9-10,15H2,(H,16,18)/t12-/m1/s1. The van der Waals surface area contributed by atoms with Crippen LogP contribution in [0.5, 0.6) is 0 Å². The molecule has 0 unspecified atom stereocenters. The van der Waals surface area contributed by atoms with Crippen molar-refractivity contribution in [2.24, 2.45) is 5.73 Å². The molecule has 2 amide bonds. The topological polar surface area (TPSA) is 58.4 Å². The molecule has 3 N–H and O–H groups in total. The van der Waals surface area contributed by atoms with Crippen LogP contribution in [-0.4, -0.2) is 30.1 Å². The van der Waals surface area contributed by atoms with Gasteiger partial charge in [0.05, 0.1) is 0 Å². The number of piperidine rings is 1. The zero-order valence-corrected chi connectivity index (χ0v) is 10.4. The Bertz CT molecular complexity index is 427. The van der Waals surface area contributed by atoms with Crippen LogP contribution in [0.2, 0.25) is 0 Å². The van der Waals surface area contributed by atoms with Crippen molar-refractivity contribution in [3.05, 3.63) is 36.4 Å². The number of hydrogen-bond acceptors (Lipinski definition) is 2. The van der Waals surface area contributed by atoms with Crippen molar-refractivity contribution in [3.8, 4) is 0 Å². The molecule has 1 aromatic rings. The molecule has 1 saturated heterocycles. The number of hydrogen-bond donors (Lipinski definition) is 2. The Balaban J connectivity index is 1.95. The fourth-order valence-corrected chi connectivity index (χ4v) is 2.10. The number of likely N-dealkylation sites (tertiary alicyclic amines) is 1. The van der Waals surface area contributed by atoms with Gasteiger partial charge in [0.1, 0.15) is 0 Å². The summed E-state index contributed by atoms with van der Waals surface area (Å²) in [7, 11) is 0. The Morgan fingerprint density at radius 3 is 2.78 bits per heavy atom. The summed E-state index contributed by atoms with van der Waals surface area (Å²) in [5, 5.41) is 2.88. The van der Waals surface area contributed by atoms with Crippen molar-refractivity contribution in [2.45, 2.75) is 18.9 Å². The van der Waals surface area contributed by atoms with E-state index in [0.717, 1.165) is 30.6 Å². The summed E-state index contributed by atoms with van der Waals surface area (Å²) in [6.45, 7) is 5.11. The van der Waals surface area contributed by atoms with Gasteiger partial charge in [0.15, 0.2) is 0 Å². The first-order chi connectivity index (χ1) is 8.69. The fourth-order valence-electron chi connectivity index (χ4n) is 2.10. The van der Waals surface area contributed by atoms with E-state index in [4.69, 9.17) is 5.73 Å². The van der Waals surface area contributed by atoms with E-state index in [0.29, 0.717) is 6.54 Å². The van der Waals surface area contributed by atoms with Crippen LogP contribution in [0.1, 0.15) is 18.4 Å². The molecular formula is C14H19N3O. The molecule has 1 atom stereocenters. The summed E-state index contributed by atoms with van der Waals surface area (Å²) in [5.41, 5.74) is 7.69. The zero-order chi connectivity index (χ0) is 13.0. The predicted octanol–water partition coefficient (Wildman–Crippen LogP) is 2.28. The second kappa shape index (κ2) is 5.69. The summed E-state index contributed by atoms with van der Waals surface area (Å²) in [6, 6.07) is 7.62. The van der Waals surface area contributed by atoms with E-state index in [2.05, 4.69) is 11.9 Å². The molecule has 1 aliphatic heterocycles. The van der Waals surface area contributed by atoms with Gasteiger partial charge in [-0.05, 0) is 30.5 Å². The van der Waals surface area contributed by atoms with Gasteiger partial charge in [-0.1, -0.05) is 24.8 Å². The molecule has 1 aromatic carbocycles. The molecule has 0 aromatic heterocycles. The van der Waals surface area contributed by atoms with Gasteiger partial charge in [0.25, 0.3) is 0 Å². The lowest BCUT2D eigenvalue weighted by Crippen LogP contribution is -2.47. The molecule has 1 fully saturated rings. The first-order valence-corrected chi connectivity index (χ1v) is 6.23. The Morgan fingerprint density at radius 1 is 1.44 bits per heavy atom. The predicted molar refractivity (Wildman–Crippen MR) is 74.3 cm³/mol. The van der Waals surface area contributed by atoms with Crippen molar-refractivity contribution >= 4 is 17.8 Å². The third-order valence-corrected chi connectivity index (χ3v) is 3.14. The highest BCUT2D eigenvalue weighted by atomic mass is 16.2. The normalized spacial score (nSPS) is 19.4. The second-order valence-corrected chi connectivity index (χ2v) is 4.60. The first-order valence-electron chi connectivity index (χ1n) is 6.23. The lowest BCUT2D eigenvalue weighted by atomic mass is 10.1. The Hall–Kier alpha value is -1.81. The van der Waals surface area contributed by atoms with Gasteiger partial charge >= 0.3 is 6.03 Å². The minimum atomic E-state index is -0.0727. The zero-order valence-electron chi connectivity index (χ0n) is 10.4. The number of benzene rings is 1. The molecule has 4 heteroatoms. The lowest BCUT2D eigenvalue weighted by Gasteiger charge is -2.30. The lowest BCUT2D eigenvalue weighted by molar-refractivity contribution is 0.193. The largest absolute Gasteiger partial charge is 0.326 e. The van der Waals surface area contributed by atoms with Crippen molar-refractivity contribution in [1.82, 2.24) is 4.90 Å². The summed E-state index contributed by atoms with van der Waals surface area (Å²) in [4.78, 5) is 13.8. The number of anilines is 1. The molecule has 0 aliphatic carbocycles. The number of carbonyl (C=O) groups is 1. The quantitative estimate of drug-likeness (QED) is 0.839. The maximum atomic E-state index is 12.0. The van der Waals surface area contributed by atoms with Crippen molar-refractivity contribution < 1.29 is 4.79 Å². The smallest absolute Gasteiger partial charge is 0.321 e. The van der Waals surface area contributed by atoms with Crippen LogP contribution in [0, 0.1) is 0 Å². The number of carbonyl (C=O) groups excluding carboxylic acids is 1. The van der Waals surface area contributed by atoms with E-state index in [9.17, 15) is 4.79 Å². The number of amides is 2. The van der Waals surface area contributed by atoms with Crippen LogP contribution in [-0.2, 0) is 0 Å². The van der Waals surface area contributed by atoms with Crippen LogP contribution in [0.25, 0.3) is 6.08 Å². The van der Waals surface area contributed by atoms with Crippen LogP contribution < -0.4 is 11.1 Å². The monoisotopic (exact) mass is 245 g/mol. The van der Waals surface area contributed by atoms with Gasteiger partial charge < -0.3 is 16.0 Å². The Kier molecular flexibility index (Phi) is 3.99. The van der Waals surface area contributed by atoms with Crippen LogP contribution >= 0.6 is 0 Å². The van der Waals surface area contributed by atoms with Crippen LogP contribution in [0.4, 0.5) is 10.5 Å². The second-order valence-electron chi connectivity index (χ2n) is 4.60. The van der Waals surface area contributed by atoms with E-state index in [1.807, 2.05) is 24.3 Å². The van der Waals surface area contributed by atoms with E-state index in [1.165, 1.54) is 0 Å². The molecule has 0 spiro atoms. The summed E-state index contributed by atoms with van der Waals surface area (Å²) < 4.78 is 0. The molecule has 18 heavy (non-hydrogen) atoms. The Labute approximate surface area is 107 Å². The maximum Gasteiger partial charge on any atom is 0.321 e. The van der Waals surface area contributed by atoms with Gasteiger partial charge in [0, 0.05) is 24.8 Å². The molecule has 0 bridgehead atoms. The fraction of sp³-hybridized carbons (Fsp3) is 0.357. The summed E-state index contributed by atoms with van der Waals surface area (Å²) in [5.74, 6) is 0. The average Bonchev–Trinajstić information content (AvgIpc) is 2.39.